The molecule has 2 aromatic heterocycles. The minimum Gasteiger partial charge on any atom is -0.508 e. The van der Waals surface area contributed by atoms with Crippen LogP contribution in [0.3, 0.4) is 0 Å². The van der Waals surface area contributed by atoms with Gasteiger partial charge >= 0.3 is 35.5 Å². The number of carboxylic acid groups (broad SMARTS) is 1. The number of nitrogens with two attached hydrogens (primary N) is 1. The Kier molecular flexibility index (Phi) is 12.7. The SMILES string of the molecule is Nc1ncnc2c1ncn2C1OC(COP(=O)(O)OP(=O)(O)OP(=O)(O)O)C(OC(=O)NCCNC(=O)c2ccc(C(=O)O)c(-c3c4ccc(=O)cc-4oc4cc(O)ccc34)c2)C1O. The molecule has 27 nitrogen and oxygen atoms in total. The molecule has 7 rings (SSSR count). The van der Waals surface area contributed by atoms with Crippen molar-refractivity contribution in [3.05, 3.63) is 88.6 Å². The number of amides is 2. The number of anilines is 1. The lowest BCUT2D eigenvalue weighted by Crippen LogP contribution is -2.42. The number of aromatic carboxylic acids is 1. The molecule has 1 aliphatic carbocycles. The van der Waals surface area contributed by atoms with E-state index >= 15 is 0 Å². The van der Waals surface area contributed by atoms with Crippen LogP contribution < -0.4 is 21.8 Å². The van der Waals surface area contributed by atoms with Crippen LogP contribution in [-0.2, 0) is 36.3 Å². The molecule has 2 aliphatic heterocycles. The smallest absolute Gasteiger partial charge is 0.490 e. The molecule has 30 heteroatoms. The Morgan fingerprint density at radius 3 is 2.38 bits per heavy atom. The third-order valence-corrected chi connectivity index (χ3v) is 13.0. The number of phenolic OH excluding ortho intramolecular Hbond substituents is 1. The van der Waals surface area contributed by atoms with Crippen molar-refractivity contribution < 1.29 is 90.0 Å². The highest BCUT2D eigenvalue weighted by Crippen LogP contribution is 2.66. The van der Waals surface area contributed by atoms with Gasteiger partial charge in [-0.25, -0.2) is 38.2 Å². The van der Waals surface area contributed by atoms with Gasteiger partial charge in [-0.1, -0.05) is 0 Å². The lowest BCUT2D eigenvalue weighted by atomic mass is 9.89. The van der Waals surface area contributed by atoms with Gasteiger partial charge in [0.25, 0.3) is 5.91 Å². The summed E-state index contributed by atoms with van der Waals surface area (Å²) in [6.45, 7) is -1.75. The van der Waals surface area contributed by atoms with Crippen LogP contribution in [-0.4, -0.2) is 110 Å². The number of carbonyl (C=O) groups excluding carboxylic acids is 2. The van der Waals surface area contributed by atoms with E-state index in [1.165, 1.54) is 54.6 Å². The third kappa shape index (κ3) is 10.1. The van der Waals surface area contributed by atoms with Crippen LogP contribution in [0.2, 0.25) is 0 Å². The molecule has 0 bridgehead atoms. The van der Waals surface area contributed by atoms with Crippen molar-refractivity contribution in [3.63, 3.8) is 0 Å². The first-order chi connectivity index (χ1) is 30.1. The first kappa shape index (κ1) is 45.8. The molecule has 2 aromatic carbocycles. The van der Waals surface area contributed by atoms with Gasteiger partial charge in [0.15, 0.2) is 29.2 Å². The molecule has 11 N–H and O–H groups in total. The number of benzene rings is 3. The normalized spacial score (nSPS) is 19.6. The summed E-state index contributed by atoms with van der Waals surface area (Å²) in [5, 5.41) is 36.7. The number of phenols is 1. The zero-order valence-corrected chi connectivity index (χ0v) is 34.6. The molecule has 338 valence electrons. The number of alkyl carbamates (subject to hydrolysis) is 1. The first-order valence-corrected chi connectivity index (χ1v) is 22.5. The Hall–Kier alpha value is -6.18. The van der Waals surface area contributed by atoms with Crippen LogP contribution in [0.5, 0.6) is 5.75 Å². The number of fused-ring (bicyclic) bond motifs is 3. The van der Waals surface area contributed by atoms with Crippen LogP contribution in [0.15, 0.2) is 76.5 Å². The molecular formula is C34H32N7O20P3. The lowest BCUT2D eigenvalue weighted by molar-refractivity contribution is -0.0508. The second-order valence-electron chi connectivity index (χ2n) is 13.5. The Balaban J connectivity index is 1.05. The molecule has 4 heterocycles. The topological polar surface area (TPSA) is 414 Å². The van der Waals surface area contributed by atoms with E-state index in [9.17, 15) is 58.0 Å². The number of nitrogens with one attached hydrogen (secondary N) is 2. The number of phosphoric acid groups is 3. The van der Waals surface area contributed by atoms with E-state index in [1.807, 2.05) is 0 Å². The largest absolute Gasteiger partial charge is 0.508 e. The number of hydrogen-bond acceptors (Lipinski definition) is 19. The number of aromatic nitrogens is 4. The minimum absolute atomic E-state index is 0.0212. The van der Waals surface area contributed by atoms with Crippen molar-refractivity contribution in [2.75, 3.05) is 25.4 Å². The number of aromatic hydroxyl groups is 1. The Morgan fingerprint density at radius 2 is 1.64 bits per heavy atom. The van der Waals surface area contributed by atoms with Crippen molar-refractivity contribution in [2.24, 2.45) is 0 Å². The van der Waals surface area contributed by atoms with Crippen molar-refractivity contribution in [1.82, 2.24) is 30.2 Å². The van der Waals surface area contributed by atoms with E-state index in [4.69, 9.17) is 29.4 Å². The third-order valence-electron chi connectivity index (χ3n) is 9.17. The molecule has 4 aromatic rings. The summed E-state index contributed by atoms with van der Waals surface area (Å²) in [6, 6.07) is 11.7. The Labute approximate surface area is 355 Å². The zero-order valence-electron chi connectivity index (χ0n) is 31.9. The molecule has 1 fully saturated rings. The van der Waals surface area contributed by atoms with Gasteiger partial charge in [-0.3, -0.25) is 18.7 Å². The fourth-order valence-corrected chi connectivity index (χ4v) is 9.62. The number of rotatable bonds is 15. The number of imidazole rings is 1. The van der Waals surface area contributed by atoms with Gasteiger partial charge in [0, 0.05) is 47.3 Å². The summed E-state index contributed by atoms with van der Waals surface area (Å²) in [4.78, 5) is 100. The fraction of sp³-hybridized carbons (Fsp3) is 0.206. The molecule has 64 heavy (non-hydrogen) atoms. The second kappa shape index (κ2) is 17.8. The molecule has 1 saturated heterocycles. The number of aliphatic hydroxyl groups excluding tert-OH is 1. The highest BCUT2D eigenvalue weighted by atomic mass is 31.3. The average molecular weight is 952 g/mol. The summed E-state index contributed by atoms with van der Waals surface area (Å²) < 4.78 is 65.5. The Morgan fingerprint density at radius 1 is 0.891 bits per heavy atom. The lowest BCUT2D eigenvalue weighted by Gasteiger charge is -2.22. The predicted molar refractivity (Wildman–Crippen MR) is 213 cm³/mol. The number of nitrogen functional groups attached to an aromatic ring is 1. The highest BCUT2D eigenvalue weighted by Gasteiger charge is 2.50. The standard InChI is InChI=1S/C34H32N7O20P3/c35-29-26-30(39-13-38-29)41(14-40-26)32-27(44)28(24(58-32)12-56-63(52,53)61-64(54,55)60-62(49,50)51)59-34(48)37-8-7-36-31(45)15-1-4-18(33(46)47)21(9-15)25-19-5-2-16(42)10-22(19)57-23-11-17(43)3-6-20(23)25/h1-6,9-11,13-14,24,27-28,32,42,44H,7-8,12H2,(H,36,45)(H,37,48)(H,46,47)(H,52,53)(H,54,55)(H2,35,38,39)(H2,49,50,51). The zero-order chi connectivity index (χ0) is 46.3. The molecule has 0 saturated carbocycles. The maximum absolute atomic E-state index is 13.4. The molecule has 0 radical (unpaired) electrons. The van der Waals surface area contributed by atoms with Crippen LogP contribution in [0.1, 0.15) is 26.9 Å². The number of carboxylic acids is 1. The van der Waals surface area contributed by atoms with Gasteiger partial charge in [0.2, 0.25) is 0 Å². The second-order valence-corrected chi connectivity index (χ2v) is 17.9. The first-order valence-electron chi connectivity index (χ1n) is 17.9. The number of hydrogen-bond donors (Lipinski definition) is 10. The van der Waals surface area contributed by atoms with Crippen LogP contribution >= 0.6 is 23.5 Å². The predicted octanol–water partition coefficient (Wildman–Crippen LogP) is 1.82. The maximum atomic E-state index is 13.4. The fourth-order valence-electron chi connectivity index (χ4n) is 6.59. The van der Waals surface area contributed by atoms with Gasteiger partial charge < -0.3 is 65.2 Å². The maximum Gasteiger partial charge on any atom is 0.490 e. The summed E-state index contributed by atoms with van der Waals surface area (Å²) >= 11 is 0. The molecule has 2 amide bonds. The summed E-state index contributed by atoms with van der Waals surface area (Å²) in [5.74, 6) is -2.22. The van der Waals surface area contributed by atoms with E-state index in [-0.39, 0.29) is 69.4 Å². The highest BCUT2D eigenvalue weighted by molar-refractivity contribution is 7.66. The molecule has 0 spiro atoms. The number of carbonyl (C=O) groups is 3. The van der Waals surface area contributed by atoms with Crippen molar-refractivity contribution >= 4 is 69.4 Å². The van der Waals surface area contributed by atoms with Gasteiger partial charge in [0.05, 0.1) is 18.5 Å². The van der Waals surface area contributed by atoms with Crippen LogP contribution in [0, 0.1) is 0 Å². The van der Waals surface area contributed by atoms with Crippen molar-refractivity contribution in [2.45, 2.75) is 24.5 Å². The summed E-state index contributed by atoms with van der Waals surface area (Å²) in [6.07, 6.45) is -5.90. The number of ether oxygens (including phenoxy) is 2. The quantitative estimate of drug-likeness (QED) is 0.0398. The van der Waals surface area contributed by atoms with Gasteiger partial charge in [-0.15, -0.1) is 0 Å². The van der Waals surface area contributed by atoms with E-state index in [0.29, 0.717) is 10.9 Å². The van der Waals surface area contributed by atoms with Gasteiger partial charge in [-0.05, 0) is 48.0 Å². The molecule has 6 atom stereocenters. The van der Waals surface area contributed by atoms with E-state index in [0.717, 1.165) is 17.2 Å². The monoisotopic (exact) mass is 951 g/mol. The average Bonchev–Trinajstić information content (AvgIpc) is 3.76. The van der Waals surface area contributed by atoms with Crippen molar-refractivity contribution in [1.29, 1.82) is 0 Å². The minimum atomic E-state index is -5.92. The van der Waals surface area contributed by atoms with E-state index < -0.39 is 78.0 Å². The van der Waals surface area contributed by atoms with Crippen LogP contribution in [0.4, 0.5) is 10.6 Å². The van der Waals surface area contributed by atoms with Gasteiger partial charge in [0.1, 0.15) is 41.1 Å². The number of aliphatic hydroxyl groups is 1. The number of phosphoric ester groups is 1. The van der Waals surface area contributed by atoms with Crippen molar-refractivity contribution in [3.8, 4) is 28.2 Å². The summed E-state index contributed by atoms with van der Waals surface area (Å²) in [5.41, 5.74) is 6.08. The van der Waals surface area contributed by atoms with E-state index in [2.05, 4.69) is 38.7 Å². The number of nitrogens with zero attached hydrogens (tertiary/aromatic N) is 4. The summed E-state index contributed by atoms with van der Waals surface area (Å²) in [7, 11) is -17.3. The van der Waals surface area contributed by atoms with E-state index in [1.54, 1.807) is 0 Å². The molecular weight excluding hydrogens is 919 g/mol. The Bertz CT molecular complexity index is 3000. The molecule has 3 aliphatic rings. The molecule has 6 unspecified atom stereocenters. The van der Waals surface area contributed by atoms with Crippen LogP contribution in [0.25, 0.3) is 44.6 Å². The van der Waals surface area contributed by atoms with Gasteiger partial charge in [-0.2, -0.15) is 8.62 Å².